The number of nitrogens with zero attached hydrogens (tertiary/aromatic N) is 2. The summed E-state index contributed by atoms with van der Waals surface area (Å²) in [7, 11) is 0. The van der Waals surface area contributed by atoms with Crippen LogP contribution in [0.5, 0.6) is 0 Å². The number of rotatable bonds is 5. The summed E-state index contributed by atoms with van der Waals surface area (Å²) in [5, 5.41) is 13.7. The maximum atomic E-state index is 10.00. The Morgan fingerprint density at radius 3 is 2.67 bits per heavy atom. The monoisotopic (exact) mass is 269 g/mol. The molecule has 2 rings (SSSR count). The van der Waals surface area contributed by atoms with E-state index in [1.165, 1.54) is 0 Å². The molecule has 2 N–H and O–H groups in total. The molecule has 1 fully saturated rings. The summed E-state index contributed by atoms with van der Waals surface area (Å²) in [6.45, 7) is 6.11. The standard InChI is InChI=1S/C13H20ClN3O/c1-4-13(3,18)7-15-11-8(2)10(14)16-12(17-11)9-5-6-9/h9,18H,4-7H2,1-3H3,(H,15,16,17). The highest BCUT2D eigenvalue weighted by Gasteiger charge is 2.28. The Kier molecular flexibility index (Phi) is 3.78. The largest absolute Gasteiger partial charge is 0.388 e. The van der Waals surface area contributed by atoms with E-state index in [9.17, 15) is 5.11 Å². The molecule has 1 aromatic heterocycles. The van der Waals surface area contributed by atoms with Crippen molar-refractivity contribution in [2.75, 3.05) is 11.9 Å². The molecule has 18 heavy (non-hydrogen) atoms. The lowest BCUT2D eigenvalue weighted by Gasteiger charge is -2.22. The van der Waals surface area contributed by atoms with Crippen LogP contribution in [0.3, 0.4) is 0 Å². The molecular formula is C13H20ClN3O. The third-order valence-corrected chi connectivity index (χ3v) is 3.81. The van der Waals surface area contributed by atoms with E-state index in [-0.39, 0.29) is 0 Å². The first-order valence-corrected chi connectivity index (χ1v) is 6.81. The summed E-state index contributed by atoms with van der Waals surface area (Å²) in [5.74, 6) is 2.03. The molecule has 1 atom stereocenters. The molecule has 1 unspecified atom stereocenters. The van der Waals surface area contributed by atoms with Gasteiger partial charge in [0.15, 0.2) is 0 Å². The molecule has 0 saturated heterocycles. The molecule has 0 radical (unpaired) electrons. The Morgan fingerprint density at radius 1 is 1.44 bits per heavy atom. The van der Waals surface area contributed by atoms with Crippen LogP contribution < -0.4 is 5.32 Å². The van der Waals surface area contributed by atoms with Gasteiger partial charge in [-0.2, -0.15) is 0 Å². The first-order chi connectivity index (χ1) is 8.43. The number of hydrogen-bond acceptors (Lipinski definition) is 4. The predicted molar refractivity (Wildman–Crippen MR) is 73.2 cm³/mol. The first-order valence-electron chi connectivity index (χ1n) is 6.43. The molecule has 0 aromatic carbocycles. The van der Waals surface area contributed by atoms with Crippen LogP contribution in [0.2, 0.25) is 5.15 Å². The molecule has 1 aromatic rings. The van der Waals surface area contributed by atoms with Crippen LogP contribution >= 0.6 is 11.6 Å². The van der Waals surface area contributed by atoms with Gasteiger partial charge in [-0.15, -0.1) is 0 Å². The lowest BCUT2D eigenvalue weighted by Crippen LogP contribution is -2.33. The summed E-state index contributed by atoms with van der Waals surface area (Å²) in [4.78, 5) is 8.83. The first kappa shape index (κ1) is 13.6. The highest BCUT2D eigenvalue weighted by Crippen LogP contribution is 2.39. The number of nitrogens with one attached hydrogen (secondary N) is 1. The average molecular weight is 270 g/mol. The third-order valence-electron chi connectivity index (χ3n) is 3.44. The van der Waals surface area contributed by atoms with Crippen molar-refractivity contribution >= 4 is 17.4 Å². The lowest BCUT2D eigenvalue weighted by molar-refractivity contribution is 0.0696. The van der Waals surface area contributed by atoms with E-state index < -0.39 is 5.60 Å². The molecule has 0 aliphatic heterocycles. The van der Waals surface area contributed by atoms with E-state index in [1.54, 1.807) is 6.92 Å². The number of halogens is 1. The van der Waals surface area contributed by atoms with E-state index in [1.807, 2.05) is 13.8 Å². The molecule has 5 heteroatoms. The van der Waals surface area contributed by atoms with E-state index in [0.717, 1.165) is 30.0 Å². The minimum Gasteiger partial charge on any atom is -0.388 e. The van der Waals surface area contributed by atoms with Crippen LogP contribution in [0.25, 0.3) is 0 Å². The Hall–Kier alpha value is -0.870. The molecule has 1 aliphatic carbocycles. The van der Waals surface area contributed by atoms with Gasteiger partial charge in [-0.05, 0) is 33.1 Å². The predicted octanol–water partition coefficient (Wildman–Crippen LogP) is 2.89. The minimum absolute atomic E-state index is 0.460. The number of aliphatic hydroxyl groups is 1. The van der Waals surface area contributed by atoms with Gasteiger partial charge in [0, 0.05) is 18.0 Å². The van der Waals surface area contributed by atoms with Crippen molar-refractivity contribution in [2.45, 2.75) is 51.6 Å². The number of anilines is 1. The fraction of sp³-hybridized carbons (Fsp3) is 0.692. The van der Waals surface area contributed by atoms with Gasteiger partial charge in [0.1, 0.15) is 16.8 Å². The Labute approximate surface area is 113 Å². The van der Waals surface area contributed by atoms with E-state index >= 15 is 0 Å². The van der Waals surface area contributed by atoms with Crippen molar-refractivity contribution < 1.29 is 5.11 Å². The van der Waals surface area contributed by atoms with Crippen molar-refractivity contribution in [3.05, 3.63) is 16.5 Å². The second-order valence-corrected chi connectivity index (χ2v) is 5.68. The van der Waals surface area contributed by atoms with E-state index in [4.69, 9.17) is 11.6 Å². The molecular weight excluding hydrogens is 250 g/mol. The van der Waals surface area contributed by atoms with Crippen LogP contribution in [-0.2, 0) is 0 Å². The van der Waals surface area contributed by atoms with Gasteiger partial charge >= 0.3 is 0 Å². The smallest absolute Gasteiger partial charge is 0.137 e. The maximum Gasteiger partial charge on any atom is 0.137 e. The summed E-state index contributed by atoms with van der Waals surface area (Å²) in [5.41, 5.74) is 0.108. The van der Waals surface area contributed by atoms with Crippen LogP contribution in [0, 0.1) is 6.92 Å². The molecule has 1 saturated carbocycles. The Bertz CT molecular complexity index is 444. The van der Waals surface area contributed by atoms with Crippen LogP contribution in [0.4, 0.5) is 5.82 Å². The Balaban J connectivity index is 2.16. The number of aromatic nitrogens is 2. The Morgan fingerprint density at radius 2 is 2.11 bits per heavy atom. The fourth-order valence-corrected chi connectivity index (χ4v) is 1.78. The summed E-state index contributed by atoms with van der Waals surface area (Å²) in [6.07, 6.45) is 2.98. The number of hydrogen-bond donors (Lipinski definition) is 2. The van der Waals surface area contributed by atoms with Crippen molar-refractivity contribution in [2.24, 2.45) is 0 Å². The zero-order chi connectivity index (χ0) is 13.3. The van der Waals surface area contributed by atoms with Crippen LogP contribution in [0.15, 0.2) is 0 Å². The molecule has 0 bridgehead atoms. The van der Waals surface area contributed by atoms with Crippen LogP contribution in [0.1, 0.15) is 50.4 Å². The topological polar surface area (TPSA) is 58.0 Å². The molecule has 1 heterocycles. The molecule has 1 aliphatic rings. The van der Waals surface area contributed by atoms with Gasteiger partial charge in [-0.25, -0.2) is 9.97 Å². The fourth-order valence-electron chi connectivity index (χ4n) is 1.60. The quantitative estimate of drug-likeness (QED) is 0.807. The van der Waals surface area contributed by atoms with Gasteiger partial charge in [0.2, 0.25) is 0 Å². The second-order valence-electron chi connectivity index (χ2n) is 5.32. The highest BCUT2D eigenvalue weighted by atomic mass is 35.5. The zero-order valence-electron chi connectivity index (χ0n) is 11.1. The van der Waals surface area contributed by atoms with E-state index in [0.29, 0.717) is 24.0 Å². The van der Waals surface area contributed by atoms with Crippen molar-refractivity contribution in [3.8, 4) is 0 Å². The summed E-state index contributed by atoms with van der Waals surface area (Å²) in [6, 6.07) is 0. The van der Waals surface area contributed by atoms with Crippen LogP contribution in [-0.4, -0.2) is 27.2 Å². The maximum absolute atomic E-state index is 10.00. The highest BCUT2D eigenvalue weighted by molar-refractivity contribution is 6.30. The van der Waals surface area contributed by atoms with Gasteiger partial charge in [-0.1, -0.05) is 18.5 Å². The molecule has 100 valence electrons. The lowest BCUT2D eigenvalue weighted by atomic mass is 10.0. The van der Waals surface area contributed by atoms with Gasteiger partial charge in [0.25, 0.3) is 0 Å². The van der Waals surface area contributed by atoms with E-state index in [2.05, 4.69) is 15.3 Å². The van der Waals surface area contributed by atoms with Crippen molar-refractivity contribution in [1.29, 1.82) is 0 Å². The summed E-state index contributed by atoms with van der Waals surface area (Å²) < 4.78 is 0. The zero-order valence-corrected chi connectivity index (χ0v) is 11.9. The summed E-state index contributed by atoms with van der Waals surface area (Å²) >= 11 is 6.12. The molecule has 0 amide bonds. The van der Waals surface area contributed by atoms with Gasteiger partial charge < -0.3 is 10.4 Å². The normalized spacial score (nSPS) is 18.5. The third kappa shape index (κ3) is 3.12. The van der Waals surface area contributed by atoms with Gasteiger partial charge in [0.05, 0.1) is 5.60 Å². The SMILES string of the molecule is CCC(C)(O)CNc1nc(C2CC2)nc(Cl)c1C. The van der Waals surface area contributed by atoms with Crippen molar-refractivity contribution in [1.82, 2.24) is 9.97 Å². The molecule has 4 nitrogen and oxygen atoms in total. The van der Waals surface area contributed by atoms with Gasteiger partial charge in [-0.3, -0.25) is 0 Å². The van der Waals surface area contributed by atoms with Crippen molar-refractivity contribution in [3.63, 3.8) is 0 Å². The average Bonchev–Trinajstić information content (AvgIpc) is 3.15. The molecule has 0 spiro atoms. The minimum atomic E-state index is -0.733. The second kappa shape index (κ2) is 5.02.